The third-order valence-corrected chi connectivity index (χ3v) is 3.40. The molecule has 0 aliphatic carbocycles. The summed E-state index contributed by atoms with van der Waals surface area (Å²) in [5, 5.41) is 9.78. The van der Waals surface area contributed by atoms with Gasteiger partial charge in [-0.1, -0.05) is 6.07 Å². The minimum atomic E-state index is 0.800. The van der Waals surface area contributed by atoms with E-state index in [1.807, 2.05) is 23.7 Å². The Bertz CT molecular complexity index is 627. The van der Waals surface area contributed by atoms with Crippen molar-refractivity contribution in [2.75, 3.05) is 5.32 Å². The van der Waals surface area contributed by atoms with Crippen LogP contribution in [-0.4, -0.2) is 14.6 Å². The van der Waals surface area contributed by atoms with Crippen LogP contribution in [0.1, 0.15) is 10.6 Å². The lowest BCUT2D eigenvalue weighted by molar-refractivity contribution is 0.920. The first-order valence-corrected chi connectivity index (χ1v) is 6.28. The van der Waals surface area contributed by atoms with Gasteiger partial charge in [0.25, 0.3) is 0 Å². The largest absolute Gasteiger partial charge is 0.363 e. The quantitative estimate of drug-likeness (QED) is 0.770. The van der Waals surface area contributed by atoms with E-state index in [-0.39, 0.29) is 0 Å². The summed E-state index contributed by atoms with van der Waals surface area (Å²) in [5.74, 6) is 0.876. The number of thiophene rings is 1. The van der Waals surface area contributed by atoms with Crippen molar-refractivity contribution in [3.8, 4) is 0 Å². The number of anilines is 1. The summed E-state index contributed by atoms with van der Waals surface area (Å²) in [5.41, 5.74) is 2.01. The highest BCUT2D eigenvalue weighted by molar-refractivity contribution is 7.09. The van der Waals surface area contributed by atoms with Gasteiger partial charge in [-0.2, -0.15) is 5.10 Å². The summed E-state index contributed by atoms with van der Waals surface area (Å²) in [6.45, 7) is 2.78. The summed E-state index contributed by atoms with van der Waals surface area (Å²) < 4.78 is 1.85. The van der Waals surface area contributed by atoms with Crippen LogP contribution in [0.25, 0.3) is 5.52 Å². The van der Waals surface area contributed by atoms with E-state index in [4.69, 9.17) is 0 Å². The van der Waals surface area contributed by atoms with E-state index in [0.717, 1.165) is 23.6 Å². The van der Waals surface area contributed by atoms with E-state index in [0.29, 0.717) is 0 Å². The fraction of sp³-hybridized carbons (Fsp3) is 0.167. The maximum atomic E-state index is 4.36. The summed E-state index contributed by atoms with van der Waals surface area (Å²) in [6.07, 6.45) is 3.62. The number of aryl methyl sites for hydroxylation is 1. The van der Waals surface area contributed by atoms with E-state index in [2.05, 4.69) is 32.9 Å². The van der Waals surface area contributed by atoms with Gasteiger partial charge in [0.05, 0.1) is 12.2 Å². The molecule has 0 spiro atoms. The molecule has 86 valence electrons. The van der Waals surface area contributed by atoms with Crippen LogP contribution in [0, 0.1) is 6.92 Å². The van der Waals surface area contributed by atoms with Gasteiger partial charge in [0.1, 0.15) is 5.52 Å². The lowest BCUT2D eigenvalue weighted by Crippen LogP contribution is -2.02. The number of aromatic nitrogens is 3. The zero-order chi connectivity index (χ0) is 11.7. The highest BCUT2D eigenvalue weighted by Crippen LogP contribution is 2.16. The molecule has 0 atom stereocenters. The lowest BCUT2D eigenvalue weighted by atomic mass is 10.4. The second-order valence-electron chi connectivity index (χ2n) is 3.82. The van der Waals surface area contributed by atoms with Gasteiger partial charge in [-0.15, -0.1) is 11.3 Å². The maximum Gasteiger partial charge on any atom is 0.152 e. The molecule has 0 aromatic carbocycles. The molecule has 3 aromatic rings. The molecule has 4 nitrogen and oxygen atoms in total. The van der Waals surface area contributed by atoms with Crippen LogP contribution >= 0.6 is 11.3 Å². The zero-order valence-corrected chi connectivity index (χ0v) is 10.2. The Morgan fingerprint density at radius 3 is 3.24 bits per heavy atom. The molecule has 0 aliphatic heterocycles. The van der Waals surface area contributed by atoms with E-state index in [1.165, 1.54) is 4.88 Å². The molecule has 0 aliphatic rings. The molecule has 1 N–H and O–H groups in total. The molecule has 0 amide bonds. The number of nitrogens with one attached hydrogen (secondary N) is 1. The average Bonchev–Trinajstić information content (AvgIpc) is 2.93. The second kappa shape index (κ2) is 4.18. The van der Waals surface area contributed by atoms with Gasteiger partial charge in [-0.3, -0.25) is 0 Å². The molecule has 0 saturated heterocycles. The SMILES string of the molecule is Cc1cc2c(NCc3cccs3)nccn2n1. The van der Waals surface area contributed by atoms with Crippen molar-refractivity contribution in [2.24, 2.45) is 0 Å². The first-order valence-electron chi connectivity index (χ1n) is 5.40. The van der Waals surface area contributed by atoms with Crippen LogP contribution in [0.15, 0.2) is 36.0 Å². The van der Waals surface area contributed by atoms with E-state index in [1.54, 1.807) is 17.5 Å². The Labute approximate surface area is 103 Å². The van der Waals surface area contributed by atoms with Crippen molar-refractivity contribution in [3.05, 3.63) is 46.5 Å². The molecular weight excluding hydrogens is 232 g/mol. The number of hydrogen-bond donors (Lipinski definition) is 1. The van der Waals surface area contributed by atoms with Crippen molar-refractivity contribution in [1.82, 2.24) is 14.6 Å². The highest BCUT2D eigenvalue weighted by Gasteiger charge is 2.04. The Hall–Kier alpha value is -1.88. The number of fused-ring (bicyclic) bond motifs is 1. The summed E-state index contributed by atoms with van der Waals surface area (Å²) in [4.78, 5) is 5.65. The fourth-order valence-corrected chi connectivity index (χ4v) is 2.41. The molecular formula is C12H12N4S. The normalized spacial score (nSPS) is 10.9. The van der Waals surface area contributed by atoms with Gasteiger partial charge in [-0.05, 0) is 24.4 Å². The smallest absolute Gasteiger partial charge is 0.152 e. The first-order chi connectivity index (χ1) is 8.33. The standard InChI is InChI=1S/C12H12N4S/c1-9-7-11-12(13-4-5-16(11)15-9)14-8-10-3-2-6-17-10/h2-7H,8H2,1H3,(H,13,14). The fourth-order valence-electron chi connectivity index (χ4n) is 1.76. The van der Waals surface area contributed by atoms with Crippen molar-refractivity contribution in [3.63, 3.8) is 0 Å². The van der Waals surface area contributed by atoms with E-state index in [9.17, 15) is 0 Å². The Balaban J connectivity index is 1.89. The van der Waals surface area contributed by atoms with Crippen molar-refractivity contribution in [2.45, 2.75) is 13.5 Å². The molecule has 0 bridgehead atoms. The van der Waals surface area contributed by atoms with Crippen molar-refractivity contribution >= 4 is 22.7 Å². The van der Waals surface area contributed by atoms with Crippen molar-refractivity contribution in [1.29, 1.82) is 0 Å². The molecule has 0 fully saturated rings. The number of nitrogens with zero attached hydrogens (tertiary/aromatic N) is 3. The third-order valence-electron chi connectivity index (χ3n) is 2.52. The highest BCUT2D eigenvalue weighted by atomic mass is 32.1. The minimum Gasteiger partial charge on any atom is -0.363 e. The third kappa shape index (κ3) is 2.01. The van der Waals surface area contributed by atoms with Crippen LogP contribution in [0.5, 0.6) is 0 Å². The lowest BCUT2D eigenvalue weighted by Gasteiger charge is -2.04. The van der Waals surface area contributed by atoms with Gasteiger partial charge >= 0.3 is 0 Å². The van der Waals surface area contributed by atoms with Gasteiger partial charge in [-0.25, -0.2) is 9.50 Å². The molecule has 3 heterocycles. The molecule has 0 unspecified atom stereocenters. The second-order valence-corrected chi connectivity index (χ2v) is 4.86. The Morgan fingerprint density at radius 1 is 1.47 bits per heavy atom. The topological polar surface area (TPSA) is 42.2 Å². The predicted octanol–water partition coefficient (Wildman–Crippen LogP) is 2.71. The molecule has 17 heavy (non-hydrogen) atoms. The molecule has 3 aromatic heterocycles. The molecule has 0 saturated carbocycles. The van der Waals surface area contributed by atoms with Crippen LogP contribution in [0.4, 0.5) is 5.82 Å². The molecule has 3 rings (SSSR count). The van der Waals surface area contributed by atoms with Crippen LogP contribution < -0.4 is 5.32 Å². The Kier molecular flexibility index (Phi) is 2.53. The Morgan fingerprint density at radius 2 is 2.41 bits per heavy atom. The molecule has 5 heteroatoms. The van der Waals surface area contributed by atoms with Crippen LogP contribution in [-0.2, 0) is 6.54 Å². The maximum absolute atomic E-state index is 4.36. The van der Waals surface area contributed by atoms with Gasteiger partial charge < -0.3 is 5.32 Å². The minimum absolute atomic E-state index is 0.800. The number of hydrogen-bond acceptors (Lipinski definition) is 4. The number of rotatable bonds is 3. The summed E-state index contributed by atoms with van der Waals surface area (Å²) in [7, 11) is 0. The average molecular weight is 244 g/mol. The van der Waals surface area contributed by atoms with Gasteiger partial charge in [0.2, 0.25) is 0 Å². The zero-order valence-electron chi connectivity index (χ0n) is 9.42. The van der Waals surface area contributed by atoms with Crippen molar-refractivity contribution < 1.29 is 0 Å². The van der Waals surface area contributed by atoms with Gasteiger partial charge in [0.15, 0.2) is 5.82 Å². The van der Waals surface area contributed by atoms with Crippen LogP contribution in [0.3, 0.4) is 0 Å². The van der Waals surface area contributed by atoms with E-state index >= 15 is 0 Å². The van der Waals surface area contributed by atoms with E-state index < -0.39 is 0 Å². The van der Waals surface area contributed by atoms with Crippen LogP contribution in [0.2, 0.25) is 0 Å². The van der Waals surface area contributed by atoms with Gasteiger partial charge in [0, 0.05) is 17.3 Å². The predicted molar refractivity (Wildman–Crippen MR) is 69.4 cm³/mol. The first kappa shape index (κ1) is 10.3. The summed E-state index contributed by atoms with van der Waals surface area (Å²) in [6, 6.07) is 6.20. The molecule has 0 radical (unpaired) electrons. The summed E-state index contributed by atoms with van der Waals surface area (Å²) >= 11 is 1.74. The monoisotopic (exact) mass is 244 g/mol.